The van der Waals surface area contributed by atoms with Gasteiger partial charge in [-0.3, -0.25) is 4.79 Å². The average Bonchev–Trinajstić information content (AvgIpc) is 2.63. The van der Waals surface area contributed by atoms with Gasteiger partial charge in [0.15, 0.2) is 0 Å². The Morgan fingerprint density at radius 3 is 2.42 bits per heavy atom. The topological polar surface area (TPSA) is 92.8 Å². The maximum Gasteiger partial charge on any atom is 0.338 e. The minimum atomic E-state index is -3.20. The predicted molar refractivity (Wildman–Crippen MR) is 99.5 cm³/mol. The molecule has 0 unspecified atom stereocenters. The van der Waals surface area contributed by atoms with E-state index in [1.165, 1.54) is 4.31 Å². The molecular formula is C18H26N2O5S. The van der Waals surface area contributed by atoms with E-state index in [9.17, 15) is 18.0 Å². The van der Waals surface area contributed by atoms with Crippen LogP contribution in [0.1, 0.15) is 42.6 Å². The standard InChI is InChI=1S/C18H26N2O5S/c1-4-25-18(22)15-6-7-16(13(3)12-15)19-17(21)14-8-10-20(11-9-14)26(23,24)5-2/h6-7,12,14H,4-5,8-11H2,1-3H3,(H,19,21). The number of hydrogen-bond donors (Lipinski definition) is 1. The van der Waals surface area contributed by atoms with E-state index in [-0.39, 0.29) is 17.6 Å². The van der Waals surface area contributed by atoms with Crippen LogP contribution in [-0.4, -0.2) is 50.0 Å². The summed E-state index contributed by atoms with van der Waals surface area (Å²) in [5, 5.41) is 2.89. The zero-order chi connectivity index (χ0) is 19.3. The van der Waals surface area contributed by atoms with Crippen molar-refractivity contribution in [2.75, 3.05) is 30.8 Å². The molecule has 1 fully saturated rings. The molecule has 1 N–H and O–H groups in total. The Labute approximate surface area is 154 Å². The monoisotopic (exact) mass is 382 g/mol. The number of benzene rings is 1. The maximum atomic E-state index is 12.5. The van der Waals surface area contributed by atoms with E-state index < -0.39 is 16.0 Å². The molecular weight excluding hydrogens is 356 g/mol. The molecule has 0 atom stereocenters. The number of ether oxygens (including phenoxy) is 1. The van der Waals surface area contributed by atoms with Crippen LogP contribution in [0.5, 0.6) is 0 Å². The van der Waals surface area contributed by atoms with E-state index in [2.05, 4.69) is 5.32 Å². The van der Waals surface area contributed by atoms with Crippen LogP contribution in [0.25, 0.3) is 0 Å². The van der Waals surface area contributed by atoms with Crippen molar-refractivity contribution >= 4 is 27.6 Å². The number of nitrogens with one attached hydrogen (secondary N) is 1. The Bertz CT molecular complexity index is 768. The second-order valence-electron chi connectivity index (χ2n) is 6.31. The zero-order valence-electron chi connectivity index (χ0n) is 15.4. The van der Waals surface area contributed by atoms with Gasteiger partial charge in [0.2, 0.25) is 15.9 Å². The number of carbonyl (C=O) groups excluding carboxylic acids is 2. The number of piperidine rings is 1. The lowest BCUT2D eigenvalue weighted by atomic mass is 9.97. The van der Waals surface area contributed by atoms with E-state index in [1.807, 2.05) is 6.92 Å². The third-order valence-corrected chi connectivity index (χ3v) is 6.46. The quantitative estimate of drug-likeness (QED) is 0.761. The normalized spacial score (nSPS) is 16.3. The molecule has 1 amide bonds. The fourth-order valence-electron chi connectivity index (χ4n) is 2.96. The summed E-state index contributed by atoms with van der Waals surface area (Å²) in [7, 11) is -3.20. The highest BCUT2D eigenvalue weighted by Crippen LogP contribution is 2.23. The largest absolute Gasteiger partial charge is 0.462 e. The molecule has 7 nitrogen and oxygen atoms in total. The van der Waals surface area contributed by atoms with E-state index >= 15 is 0 Å². The molecule has 26 heavy (non-hydrogen) atoms. The van der Waals surface area contributed by atoms with Gasteiger partial charge in [-0.2, -0.15) is 0 Å². The summed E-state index contributed by atoms with van der Waals surface area (Å²) in [6.07, 6.45) is 1.01. The molecule has 1 aromatic carbocycles. The van der Waals surface area contributed by atoms with Crippen molar-refractivity contribution in [2.24, 2.45) is 5.92 Å². The molecule has 2 rings (SSSR count). The van der Waals surface area contributed by atoms with E-state index in [0.29, 0.717) is 43.8 Å². The molecule has 1 aliphatic rings. The first-order valence-corrected chi connectivity index (χ1v) is 10.5. The number of esters is 1. The molecule has 1 saturated heterocycles. The van der Waals surface area contributed by atoms with Gasteiger partial charge < -0.3 is 10.1 Å². The third-order valence-electron chi connectivity index (χ3n) is 4.58. The molecule has 0 aromatic heterocycles. The number of hydrogen-bond acceptors (Lipinski definition) is 5. The van der Waals surface area contributed by atoms with Gasteiger partial charge in [-0.25, -0.2) is 17.5 Å². The number of carbonyl (C=O) groups is 2. The third kappa shape index (κ3) is 4.82. The number of sulfonamides is 1. The maximum absolute atomic E-state index is 12.5. The van der Waals surface area contributed by atoms with Gasteiger partial charge in [0.1, 0.15) is 0 Å². The van der Waals surface area contributed by atoms with E-state index in [1.54, 1.807) is 32.0 Å². The van der Waals surface area contributed by atoms with Gasteiger partial charge in [0.25, 0.3) is 0 Å². The average molecular weight is 382 g/mol. The molecule has 1 aromatic rings. The summed E-state index contributed by atoms with van der Waals surface area (Å²) in [6, 6.07) is 5.00. The Morgan fingerprint density at radius 1 is 1.23 bits per heavy atom. The van der Waals surface area contributed by atoms with Crippen molar-refractivity contribution in [1.82, 2.24) is 4.31 Å². The molecule has 8 heteroatoms. The lowest BCUT2D eigenvalue weighted by Crippen LogP contribution is -2.42. The summed E-state index contributed by atoms with van der Waals surface area (Å²) in [5.41, 5.74) is 1.86. The van der Waals surface area contributed by atoms with E-state index in [4.69, 9.17) is 4.74 Å². The second-order valence-corrected chi connectivity index (χ2v) is 8.57. The molecule has 1 aliphatic heterocycles. The SMILES string of the molecule is CCOC(=O)c1ccc(NC(=O)C2CCN(S(=O)(=O)CC)CC2)c(C)c1. The van der Waals surface area contributed by atoms with Crippen LogP contribution in [0.2, 0.25) is 0 Å². The van der Waals surface area contributed by atoms with Crippen LogP contribution in [0.3, 0.4) is 0 Å². The summed E-state index contributed by atoms with van der Waals surface area (Å²) in [4.78, 5) is 24.2. The Hall–Kier alpha value is -1.93. The van der Waals surface area contributed by atoms with Crippen molar-refractivity contribution in [3.63, 3.8) is 0 Å². The summed E-state index contributed by atoms with van der Waals surface area (Å²) < 4.78 is 30.2. The molecule has 0 saturated carbocycles. The number of aryl methyl sites for hydroxylation is 1. The van der Waals surface area contributed by atoms with Crippen LogP contribution >= 0.6 is 0 Å². The van der Waals surface area contributed by atoms with Gasteiger partial charge in [-0.05, 0) is 57.4 Å². The minimum absolute atomic E-state index is 0.0792. The van der Waals surface area contributed by atoms with Crippen molar-refractivity contribution in [2.45, 2.75) is 33.6 Å². The molecule has 0 bridgehead atoms. The molecule has 144 valence electrons. The van der Waals surface area contributed by atoms with Gasteiger partial charge in [0, 0.05) is 24.7 Å². The summed E-state index contributed by atoms with van der Waals surface area (Å²) in [6.45, 7) is 6.23. The lowest BCUT2D eigenvalue weighted by Gasteiger charge is -2.30. The molecule has 0 radical (unpaired) electrons. The fourth-order valence-corrected chi connectivity index (χ4v) is 4.09. The Morgan fingerprint density at radius 2 is 1.88 bits per heavy atom. The van der Waals surface area contributed by atoms with Crippen LogP contribution in [0.4, 0.5) is 5.69 Å². The number of nitrogens with zero attached hydrogens (tertiary/aromatic N) is 1. The van der Waals surface area contributed by atoms with Crippen LogP contribution in [-0.2, 0) is 19.6 Å². The van der Waals surface area contributed by atoms with Crippen molar-refractivity contribution in [3.05, 3.63) is 29.3 Å². The fraction of sp³-hybridized carbons (Fsp3) is 0.556. The van der Waals surface area contributed by atoms with Crippen molar-refractivity contribution < 1.29 is 22.7 Å². The smallest absolute Gasteiger partial charge is 0.338 e. The van der Waals surface area contributed by atoms with Crippen LogP contribution in [0, 0.1) is 12.8 Å². The first kappa shape index (κ1) is 20.4. The van der Waals surface area contributed by atoms with E-state index in [0.717, 1.165) is 5.56 Å². The van der Waals surface area contributed by atoms with Crippen molar-refractivity contribution in [3.8, 4) is 0 Å². The van der Waals surface area contributed by atoms with Gasteiger partial charge >= 0.3 is 5.97 Å². The van der Waals surface area contributed by atoms with Gasteiger partial charge in [-0.15, -0.1) is 0 Å². The number of rotatable bonds is 6. The Balaban J connectivity index is 1.97. The highest BCUT2D eigenvalue weighted by molar-refractivity contribution is 7.89. The highest BCUT2D eigenvalue weighted by Gasteiger charge is 2.30. The molecule has 0 spiro atoms. The summed E-state index contributed by atoms with van der Waals surface area (Å²) >= 11 is 0. The number of anilines is 1. The first-order valence-electron chi connectivity index (χ1n) is 8.85. The predicted octanol–water partition coefficient (Wildman–Crippen LogP) is 2.17. The lowest BCUT2D eigenvalue weighted by molar-refractivity contribution is -0.120. The first-order chi connectivity index (χ1) is 12.3. The van der Waals surface area contributed by atoms with Crippen LogP contribution < -0.4 is 5.32 Å². The molecule has 1 heterocycles. The second kappa shape index (κ2) is 8.64. The van der Waals surface area contributed by atoms with Gasteiger partial charge in [-0.1, -0.05) is 0 Å². The minimum Gasteiger partial charge on any atom is -0.462 e. The zero-order valence-corrected chi connectivity index (χ0v) is 16.3. The Kier molecular flexibility index (Phi) is 6.77. The van der Waals surface area contributed by atoms with Crippen LogP contribution in [0.15, 0.2) is 18.2 Å². The molecule has 0 aliphatic carbocycles. The van der Waals surface area contributed by atoms with Crippen molar-refractivity contribution in [1.29, 1.82) is 0 Å². The number of amides is 1. The summed E-state index contributed by atoms with van der Waals surface area (Å²) in [5.74, 6) is -0.651. The highest BCUT2D eigenvalue weighted by atomic mass is 32.2. The van der Waals surface area contributed by atoms with Gasteiger partial charge in [0.05, 0.1) is 17.9 Å².